The molecule has 7 heteroatoms. The van der Waals surface area contributed by atoms with Gasteiger partial charge in [0.1, 0.15) is 6.04 Å². The van der Waals surface area contributed by atoms with Crippen LogP contribution in [-0.4, -0.2) is 34.7 Å². The first kappa shape index (κ1) is 15.8. The number of thioether (sulfide) groups is 1. The molecule has 112 valence electrons. The highest BCUT2D eigenvalue weighted by molar-refractivity contribution is 8.18. The van der Waals surface area contributed by atoms with Crippen LogP contribution in [0.3, 0.4) is 0 Å². The Labute approximate surface area is 131 Å². The summed E-state index contributed by atoms with van der Waals surface area (Å²) in [4.78, 5) is 38.2. The van der Waals surface area contributed by atoms with Gasteiger partial charge in [-0.25, -0.2) is 4.79 Å². The van der Waals surface area contributed by atoms with Crippen LogP contribution < -0.4 is 0 Å². The van der Waals surface area contributed by atoms with E-state index in [0.717, 1.165) is 27.1 Å². The zero-order valence-electron chi connectivity index (χ0n) is 11.9. The third-order valence-electron chi connectivity index (χ3n) is 3.00. The lowest BCUT2D eigenvalue weighted by Crippen LogP contribution is -2.42. The highest BCUT2D eigenvalue weighted by atomic mass is 32.2. The number of hydrogen-bond acceptors (Lipinski definition) is 6. The van der Waals surface area contributed by atoms with Crippen molar-refractivity contribution in [3.8, 4) is 0 Å². The SMILES string of the molecule is CCOC(=O)[C@H](C)N1C(=O)S/C(=C/c2sccc2C)C1=O. The molecule has 1 atom stereocenters. The Morgan fingerprint density at radius 3 is 2.76 bits per heavy atom. The lowest BCUT2D eigenvalue weighted by molar-refractivity contribution is -0.150. The molecular weight excluding hydrogens is 310 g/mol. The van der Waals surface area contributed by atoms with E-state index in [1.807, 2.05) is 18.4 Å². The molecule has 0 N–H and O–H groups in total. The van der Waals surface area contributed by atoms with Crippen molar-refractivity contribution >= 4 is 46.3 Å². The van der Waals surface area contributed by atoms with E-state index < -0.39 is 23.2 Å². The zero-order valence-corrected chi connectivity index (χ0v) is 13.5. The third kappa shape index (κ3) is 3.19. The number of amides is 2. The predicted octanol–water partition coefficient (Wildman–Crippen LogP) is 3.04. The number of hydrogen-bond donors (Lipinski definition) is 0. The maximum atomic E-state index is 12.3. The van der Waals surface area contributed by atoms with Gasteiger partial charge in [0, 0.05) is 4.88 Å². The van der Waals surface area contributed by atoms with Gasteiger partial charge < -0.3 is 4.74 Å². The van der Waals surface area contributed by atoms with E-state index in [-0.39, 0.29) is 6.61 Å². The monoisotopic (exact) mass is 325 g/mol. The fourth-order valence-corrected chi connectivity index (χ4v) is 3.66. The van der Waals surface area contributed by atoms with Gasteiger partial charge in [-0.15, -0.1) is 11.3 Å². The number of aryl methyl sites for hydroxylation is 1. The van der Waals surface area contributed by atoms with E-state index in [2.05, 4.69) is 0 Å². The van der Waals surface area contributed by atoms with E-state index in [1.54, 1.807) is 13.0 Å². The van der Waals surface area contributed by atoms with Crippen LogP contribution in [0.15, 0.2) is 16.4 Å². The molecule has 1 saturated heterocycles. The van der Waals surface area contributed by atoms with Crippen LogP contribution in [0.4, 0.5) is 4.79 Å². The van der Waals surface area contributed by atoms with E-state index in [9.17, 15) is 14.4 Å². The largest absolute Gasteiger partial charge is 0.464 e. The molecule has 1 fully saturated rings. The Morgan fingerprint density at radius 1 is 1.48 bits per heavy atom. The predicted molar refractivity (Wildman–Crippen MR) is 83.0 cm³/mol. The van der Waals surface area contributed by atoms with Crippen molar-refractivity contribution in [2.24, 2.45) is 0 Å². The van der Waals surface area contributed by atoms with Gasteiger partial charge in [0.15, 0.2) is 0 Å². The van der Waals surface area contributed by atoms with Crippen LogP contribution in [0.5, 0.6) is 0 Å². The standard InChI is InChI=1S/C14H15NO4S2/c1-4-19-13(17)9(3)15-12(16)11(21-14(15)18)7-10-8(2)5-6-20-10/h5-7,9H,4H2,1-3H3/b11-7+/t9-/m0/s1. The average Bonchev–Trinajstić information content (AvgIpc) is 2.95. The molecule has 2 rings (SSSR count). The number of carbonyl (C=O) groups is 3. The number of thiophene rings is 1. The van der Waals surface area contributed by atoms with Crippen LogP contribution in [0.25, 0.3) is 6.08 Å². The minimum Gasteiger partial charge on any atom is -0.464 e. The summed E-state index contributed by atoms with van der Waals surface area (Å²) in [6.45, 7) is 5.32. The minimum absolute atomic E-state index is 0.212. The fourth-order valence-electron chi connectivity index (χ4n) is 1.83. The maximum absolute atomic E-state index is 12.3. The Hall–Kier alpha value is -1.60. The molecule has 21 heavy (non-hydrogen) atoms. The molecule has 2 amide bonds. The second kappa shape index (κ2) is 6.44. The zero-order chi connectivity index (χ0) is 15.6. The number of imide groups is 1. The van der Waals surface area contributed by atoms with Gasteiger partial charge in [0.05, 0.1) is 11.5 Å². The van der Waals surface area contributed by atoms with Gasteiger partial charge in [-0.3, -0.25) is 14.5 Å². The Morgan fingerprint density at radius 2 is 2.19 bits per heavy atom. The summed E-state index contributed by atoms with van der Waals surface area (Å²) >= 11 is 2.35. The van der Waals surface area contributed by atoms with Gasteiger partial charge in [-0.05, 0) is 55.6 Å². The molecular formula is C14H15NO4S2. The molecule has 0 aromatic carbocycles. The van der Waals surface area contributed by atoms with Gasteiger partial charge >= 0.3 is 5.97 Å². The topological polar surface area (TPSA) is 63.7 Å². The van der Waals surface area contributed by atoms with Crippen molar-refractivity contribution in [1.29, 1.82) is 0 Å². The molecule has 0 unspecified atom stereocenters. The highest BCUT2D eigenvalue weighted by Crippen LogP contribution is 2.35. The van der Waals surface area contributed by atoms with Crippen LogP contribution in [-0.2, 0) is 14.3 Å². The highest BCUT2D eigenvalue weighted by Gasteiger charge is 2.41. The summed E-state index contributed by atoms with van der Waals surface area (Å²) in [5.74, 6) is -1.02. The molecule has 1 aromatic heterocycles. The number of ether oxygens (including phenoxy) is 1. The molecule has 1 aliphatic heterocycles. The molecule has 1 aliphatic rings. The lowest BCUT2D eigenvalue weighted by Gasteiger charge is -2.19. The van der Waals surface area contributed by atoms with Gasteiger partial charge in [-0.1, -0.05) is 0 Å². The Bertz CT molecular complexity index is 620. The number of carbonyl (C=O) groups excluding carboxylic acids is 3. The van der Waals surface area contributed by atoms with Crippen molar-refractivity contribution in [3.05, 3.63) is 26.8 Å². The summed E-state index contributed by atoms with van der Waals surface area (Å²) in [7, 11) is 0. The third-order valence-corrected chi connectivity index (χ3v) is 4.85. The van der Waals surface area contributed by atoms with Gasteiger partial charge in [-0.2, -0.15) is 0 Å². The summed E-state index contributed by atoms with van der Waals surface area (Å²) in [6.07, 6.45) is 1.70. The van der Waals surface area contributed by atoms with E-state index in [0.29, 0.717) is 4.91 Å². The van der Waals surface area contributed by atoms with Crippen molar-refractivity contribution < 1.29 is 19.1 Å². The fraction of sp³-hybridized carbons (Fsp3) is 0.357. The maximum Gasteiger partial charge on any atom is 0.329 e. The molecule has 2 heterocycles. The summed E-state index contributed by atoms with van der Waals surface area (Å²) in [5, 5.41) is 1.48. The molecule has 0 bridgehead atoms. The number of esters is 1. The van der Waals surface area contributed by atoms with Crippen molar-refractivity contribution in [2.45, 2.75) is 26.8 Å². The van der Waals surface area contributed by atoms with E-state index in [4.69, 9.17) is 4.74 Å². The molecule has 0 saturated carbocycles. The van der Waals surface area contributed by atoms with Crippen molar-refractivity contribution in [2.75, 3.05) is 6.61 Å². The molecule has 0 aliphatic carbocycles. The molecule has 5 nitrogen and oxygen atoms in total. The van der Waals surface area contributed by atoms with Gasteiger partial charge in [0.25, 0.3) is 11.1 Å². The van der Waals surface area contributed by atoms with Crippen molar-refractivity contribution in [3.63, 3.8) is 0 Å². The summed E-state index contributed by atoms with van der Waals surface area (Å²) in [5.41, 5.74) is 1.05. The average molecular weight is 325 g/mol. The van der Waals surface area contributed by atoms with Crippen LogP contribution in [0.1, 0.15) is 24.3 Å². The second-order valence-corrected chi connectivity index (χ2v) is 6.39. The summed E-state index contributed by atoms with van der Waals surface area (Å²) < 4.78 is 4.86. The first-order chi connectivity index (χ1) is 9.95. The van der Waals surface area contributed by atoms with E-state index >= 15 is 0 Å². The quantitative estimate of drug-likeness (QED) is 0.629. The van der Waals surface area contributed by atoms with Crippen LogP contribution in [0.2, 0.25) is 0 Å². The van der Waals surface area contributed by atoms with E-state index in [1.165, 1.54) is 18.3 Å². The second-order valence-electron chi connectivity index (χ2n) is 4.45. The Kier molecular flexibility index (Phi) is 4.84. The Balaban J connectivity index is 2.23. The smallest absolute Gasteiger partial charge is 0.329 e. The lowest BCUT2D eigenvalue weighted by atomic mass is 10.2. The van der Waals surface area contributed by atoms with Gasteiger partial charge in [0.2, 0.25) is 0 Å². The minimum atomic E-state index is -0.909. The number of rotatable bonds is 4. The van der Waals surface area contributed by atoms with Crippen LogP contribution in [0, 0.1) is 6.92 Å². The first-order valence-electron chi connectivity index (χ1n) is 6.43. The molecule has 0 spiro atoms. The normalized spacial score (nSPS) is 18.4. The van der Waals surface area contributed by atoms with Crippen LogP contribution >= 0.6 is 23.1 Å². The molecule has 1 aromatic rings. The number of nitrogens with zero attached hydrogens (tertiary/aromatic N) is 1. The molecule has 0 radical (unpaired) electrons. The van der Waals surface area contributed by atoms with Crippen molar-refractivity contribution in [1.82, 2.24) is 4.90 Å². The summed E-state index contributed by atoms with van der Waals surface area (Å²) in [6, 6.07) is 1.04. The first-order valence-corrected chi connectivity index (χ1v) is 8.13.